The van der Waals surface area contributed by atoms with E-state index in [9.17, 15) is 0 Å². The summed E-state index contributed by atoms with van der Waals surface area (Å²) in [5.41, 5.74) is 20.3. The molecule has 0 amide bonds. The summed E-state index contributed by atoms with van der Waals surface area (Å²) in [4.78, 5) is 2.47. The summed E-state index contributed by atoms with van der Waals surface area (Å²) in [7, 11) is 0. The Morgan fingerprint density at radius 3 is 1.77 bits per heavy atom. The smallest absolute Gasteiger partial charge is 0.136 e. The highest BCUT2D eigenvalue weighted by molar-refractivity contribution is 6.18. The molecule has 1 aliphatic carbocycles. The molecular weight excluding hydrogens is 751 g/mol. The second-order valence-electron chi connectivity index (χ2n) is 18.6. The Morgan fingerprint density at radius 2 is 1.06 bits per heavy atom. The van der Waals surface area contributed by atoms with Gasteiger partial charge in [0.2, 0.25) is 0 Å². The number of aryl methyl sites for hydroxylation is 1. The van der Waals surface area contributed by atoms with E-state index >= 15 is 0 Å². The molecule has 0 fully saturated rings. The van der Waals surface area contributed by atoms with Crippen LogP contribution >= 0.6 is 0 Å². The van der Waals surface area contributed by atoms with Crippen LogP contribution < -0.4 is 4.90 Å². The number of nitrogens with zero attached hydrogens (tertiary/aromatic N) is 1. The molecule has 1 heterocycles. The van der Waals surface area contributed by atoms with Crippen LogP contribution in [0.1, 0.15) is 56.9 Å². The molecule has 0 aliphatic heterocycles. The molecule has 0 saturated heterocycles. The molecule has 0 saturated carbocycles. The molecule has 0 N–H and O–H groups in total. The van der Waals surface area contributed by atoms with Crippen LogP contribution in [-0.4, -0.2) is 0 Å². The molecule has 0 unspecified atom stereocenters. The van der Waals surface area contributed by atoms with E-state index in [0.29, 0.717) is 0 Å². The maximum atomic E-state index is 6.50. The third-order valence-corrected chi connectivity index (χ3v) is 13.4. The van der Waals surface area contributed by atoms with Crippen molar-refractivity contribution < 1.29 is 4.42 Å². The van der Waals surface area contributed by atoms with Gasteiger partial charge in [0.1, 0.15) is 11.2 Å². The van der Waals surface area contributed by atoms with Gasteiger partial charge in [-0.05, 0) is 127 Å². The van der Waals surface area contributed by atoms with Crippen LogP contribution in [0.4, 0.5) is 17.1 Å². The highest BCUT2D eigenvalue weighted by Gasteiger charge is 2.37. The van der Waals surface area contributed by atoms with Crippen LogP contribution in [0.15, 0.2) is 192 Å². The van der Waals surface area contributed by atoms with Crippen molar-refractivity contribution in [2.24, 2.45) is 0 Å². The standard InChI is InChI=1S/C60H49NO/c1-38-13-11-18-52-56(38)50-37-46(34-35-51(50)60(52,5)6)61(45-32-27-42(28-33-45)40-23-21-39(22-24-40)41-25-30-44(31-26-41)59(2,3)4)53-36-29-43-14-7-8-15-47(43)57(53)49-17-12-20-55-58(49)48-16-9-10-19-54(48)62-55/h7-37H,1-6H3. The van der Waals surface area contributed by atoms with Crippen molar-refractivity contribution >= 4 is 49.8 Å². The molecular formula is C60H49NO. The van der Waals surface area contributed by atoms with Crippen molar-refractivity contribution in [1.29, 1.82) is 0 Å². The topological polar surface area (TPSA) is 16.4 Å². The number of anilines is 3. The average molecular weight is 800 g/mol. The van der Waals surface area contributed by atoms with Crippen LogP contribution in [0.2, 0.25) is 0 Å². The fourth-order valence-corrected chi connectivity index (χ4v) is 10.1. The van der Waals surface area contributed by atoms with E-state index in [-0.39, 0.29) is 10.8 Å². The molecule has 62 heavy (non-hydrogen) atoms. The van der Waals surface area contributed by atoms with E-state index < -0.39 is 0 Å². The first-order valence-corrected chi connectivity index (χ1v) is 21.8. The highest BCUT2D eigenvalue weighted by Crippen LogP contribution is 2.53. The Bertz CT molecular complexity index is 3340. The van der Waals surface area contributed by atoms with Gasteiger partial charge in [-0.1, -0.05) is 180 Å². The van der Waals surface area contributed by atoms with Crippen molar-refractivity contribution in [1.82, 2.24) is 0 Å². The van der Waals surface area contributed by atoms with Gasteiger partial charge in [-0.25, -0.2) is 0 Å². The number of para-hydroxylation sites is 1. The molecule has 1 aromatic heterocycles. The molecule has 1 aliphatic rings. The van der Waals surface area contributed by atoms with Gasteiger partial charge in [-0.15, -0.1) is 0 Å². The maximum absolute atomic E-state index is 6.50. The first kappa shape index (κ1) is 37.8. The molecule has 0 bridgehead atoms. The quantitative estimate of drug-likeness (QED) is 0.167. The van der Waals surface area contributed by atoms with Crippen LogP contribution in [-0.2, 0) is 10.8 Å². The third-order valence-electron chi connectivity index (χ3n) is 13.4. The van der Waals surface area contributed by atoms with Gasteiger partial charge in [0.25, 0.3) is 0 Å². The van der Waals surface area contributed by atoms with Gasteiger partial charge in [0.05, 0.1) is 5.69 Å². The van der Waals surface area contributed by atoms with Gasteiger partial charge in [0.15, 0.2) is 0 Å². The van der Waals surface area contributed by atoms with Gasteiger partial charge in [-0.3, -0.25) is 0 Å². The number of hydrogen-bond donors (Lipinski definition) is 0. The van der Waals surface area contributed by atoms with E-state index in [4.69, 9.17) is 4.42 Å². The lowest BCUT2D eigenvalue weighted by Gasteiger charge is -2.30. The summed E-state index contributed by atoms with van der Waals surface area (Å²) in [6.45, 7) is 13.8. The fraction of sp³-hybridized carbons (Fsp3) is 0.133. The summed E-state index contributed by atoms with van der Waals surface area (Å²) >= 11 is 0. The first-order chi connectivity index (χ1) is 30.0. The highest BCUT2D eigenvalue weighted by atomic mass is 16.3. The second-order valence-corrected chi connectivity index (χ2v) is 18.6. The maximum Gasteiger partial charge on any atom is 0.136 e. The van der Waals surface area contributed by atoms with Crippen LogP contribution in [0.25, 0.3) is 77.2 Å². The van der Waals surface area contributed by atoms with Gasteiger partial charge in [-0.2, -0.15) is 0 Å². The summed E-state index contributed by atoms with van der Waals surface area (Å²) in [5, 5.41) is 4.64. The van der Waals surface area contributed by atoms with E-state index in [2.05, 4.69) is 228 Å². The molecule has 300 valence electrons. The summed E-state index contributed by atoms with van der Waals surface area (Å²) in [5.74, 6) is 0. The molecule has 2 nitrogen and oxygen atoms in total. The minimum absolute atomic E-state index is 0.0980. The third kappa shape index (κ3) is 6.08. The average Bonchev–Trinajstić information content (AvgIpc) is 3.79. The Balaban J connectivity index is 1.09. The van der Waals surface area contributed by atoms with Crippen LogP contribution in [0.3, 0.4) is 0 Å². The van der Waals surface area contributed by atoms with Gasteiger partial charge < -0.3 is 9.32 Å². The van der Waals surface area contributed by atoms with Gasteiger partial charge in [0, 0.05) is 33.1 Å². The Labute approximate surface area is 364 Å². The van der Waals surface area contributed by atoms with E-state index in [1.165, 1.54) is 72.0 Å². The zero-order valence-corrected chi connectivity index (χ0v) is 36.3. The zero-order valence-electron chi connectivity index (χ0n) is 36.3. The fourth-order valence-electron chi connectivity index (χ4n) is 10.1. The number of benzene rings is 9. The molecule has 0 atom stereocenters. The minimum Gasteiger partial charge on any atom is -0.456 e. The zero-order chi connectivity index (χ0) is 42.3. The number of hydrogen-bond acceptors (Lipinski definition) is 2. The SMILES string of the molecule is Cc1cccc2c1-c1cc(N(c3ccc(-c4ccc(-c5ccc(C(C)(C)C)cc5)cc4)cc3)c3ccc4ccccc4c3-c3cccc4oc5ccccc5c34)ccc1C2(C)C. The number of fused-ring (bicyclic) bond motifs is 7. The van der Waals surface area contributed by atoms with Crippen molar-refractivity contribution in [3.05, 3.63) is 210 Å². The van der Waals surface area contributed by atoms with Crippen molar-refractivity contribution in [2.45, 2.75) is 52.4 Å². The Morgan fingerprint density at radius 1 is 0.468 bits per heavy atom. The van der Waals surface area contributed by atoms with Gasteiger partial charge >= 0.3 is 0 Å². The molecule has 10 aromatic rings. The summed E-state index contributed by atoms with van der Waals surface area (Å²) in [6, 6.07) is 69.3. The lowest BCUT2D eigenvalue weighted by molar-refractivity contribution is 0.590. The number of rotatable bonds is 6. The second kappa shape index (κ2) is 14.2. The number of furan rings is 1. The normalized spacial score (nSPS) is 13.1. The molecule has 0 spiro atoms. The van der Waals surface area contributed by atoms with E-state index in [1.807, 2.05) is 6.07 Å². The van der Waals surface area contributed by atoms with Crippen molar-refractivity contribution in [3.8, 4) is 44.5 Å². The van der Waals surface area contributed by atoms with Crippen LogP contribution in [0.5, 0.6) is 0 Å². The minimum atomic E-state index is -0.0980. The monoisotopic (exact) mass is 799 g/mol. The summed E-state index contributed by atoms with van der Waals surface area (Å²) < 4.78 is 6.50. The molecule has 11 rings (SSSR count). The lowest BCUT2D eigenvalue weighted by Crippen LogP contribution is -2.15. The summed E-state index contributed by atoms with van der Waals surface area (Å²) in [6.07, 6.45) is 0. The molecule has 9 aromatic carbocycles. The van der Waals surface area contributed by atoms with Crippen LogP contribution in [0, 0.1) is 6.92 Å². The van der Waals surface area contributed by atoms with E-state index in [1.54, 1.807) is 0 Å². The lowest BCUT2D eigenvalue weighted by atomic mass is 9.82. The van der Waals surface area contributed by atoms with Crippen molar-refractivity contribution in [2.75, 3.05) is 4.90 Å². The predicted octanol–water partition coefficient (Wildman–Crippen LogP) is 17.1. The Hall–Kier alpha value is -7.16. The van der Waals surface area contributed by atoms with E-state index in [0.717, 1.165) is 44.6 Å². The van der Waals surface area contributed by atoms with Crippen molar-refractivity contribution in [3.63, 3.8) is 0 Å². The Kier molecular flexibility index (Phi) is 8.67. The predicted molar refractivity (Wildman–Crippen MR) is 263 cm³/mol. The first-order valence-electron chi connectivity index (χ1n) is 21.8. The molecule has 2 heteroatoms. The largest absolute Gasteiger partial charge is 0.456 e. The molecule has 0 radical (unpaired) electrons.